The summed E-state index contributed by atoms with van der Waals surface area (Å²) in [7, 11) is 0. The highest BCUT2D eigenvalue weighted by Gasteiger charge is 2.28. The van der Waals surface area contributed by atoms with Gasteiger partial charge in [0.25, 0.3) is 11.6 Å². The van der Waals surface area contributed by atoms with Gasteiger partial charge >= 0.3 is 0 Å². The fraction of sp³-hybridized carbons (Fsp3) is 0.167. The van der Waals surface area contributed by atoms with Crippen LogP contribution >= 0.6 is 34.7 Å². The first-order chi connectivity index (χ1) is 13.5. The van der Waals surface area contributed by atoms with Gasteiger partial charge in [-0.1, -0.05) is 34.7 Å². The summed E-state index contributed by atoms with van der Waals surface area (Å²) in [5.74, 6) is -0.00180. The zero-order valence-corrected chi connectivity index (χ0v) is 16.7. The lowest BCUT2D eigenvalue weighted by Crippen LogP contribution is -2.12. The highest BCUT2D eigenvalue weighted by molar-refractivity contribution is 7.99. The van der Waals surface area contributed by atoms with Crippen LogP contribution in [-0.2, 0) is 0 Å². The van der Waals surface area contributed by atoms with E-state index >= 15 is 0 Å². The number of nitro benzene ring substituents is 1. The van der Waals surface area contributed by atoms with Crippen LogP contribution in [0.25, 0.3) is 0 Å². The van der Waals surface area contributed by atoms with Crippen LogP contribution in [0, 0.1) is 10.1 Å². The number of benzene rings is 2. The quantitative estimate of drug-likeness (QED) is 0.414. The molecule has 1 aromatic heterocycles. The van der Waals surface area contributed by atoms with Gasteiger partial charge in [-0.15, -0.1) is 10.2 Å². The molecule has 1 heterocycles. The molecule has 1 fully saturated rings. The van der Waals surface area contributed by atoms with Crippen LogP contribution in [0.2, 0.25) is 5.02 Å². The van der Waals surface area contributed by atoms with Crippen LogP contribution in [0.3, 0.4) is 0 Å². The van der Waals surface area contributed by atoms with Gasteiger partial charge in [-0.25, -0.2) is 0 Å². The molecule has 1 aliphatic carbocycles. The first kappa shape index (κ1) is 18.9. The van der Waals surface area contributed by atoms with Gasteiger partial charge in [0, 0.05) is 27.5 Å². The molecule has 4 rings (SSSR count). The van der Waals surface area contributed by atoms with E-state index in [-0.39, 0.29) is 11.3 Å². The molecule has 1 N–H and O–H groups in total. The SMILES string of the molecule is O=C(Nc1nnc(C2CC2)s1)c1ccc(Sc2ccc(Cl)cc2)c([N+](=O)[O-])c1. The highest BCUT2D eigenvalue weighted by atomic mass is 35.5. The summed E-state index contributed by atoms with van der Waals surface area (Å²) in [5.41, 5.74) is 0.0545. The van der Waals surface area contributed by atoms with Crippen molar-refractivity contribution in [1.29, 1.82) is 0 Å². The van der Waals surface area contributed by atoms with Gasteiger partial charge in [0.2, 0.25) is 5.13 Å². The van der Waals surface area contributed by atoms with E-state index < -0.39 is 10.8 Å². The molecule has 0 radical (unpaired) electrons. The Balaban J connectivity index is 1.53. The number of nitrogens with one attached hydrogen (secondary N) is 1. The summed E-state index contributed by atoms with van der Waals surface area (Å²) in [6, 6.07) is 11.4. The average Bonchev–Trinajstić information content (AvgIpc) is 3.43. The van der Waals surface area contributed by atoms with Crippen molar-refractivity contribution in [2.45, 2.75) is 28.6 Å². The summed E-state index contributed by atoms with van der Waals surface area (Å²) < 4.78 is 0. The van der Waals surface area contributed by atoms with E-state index in [2.05, 4.69) is 15.5 Å². The lowest BCUT2D eigenvalue weighted by Gasteiger charge is -2.06. The van der Waals surface area contributed by atoms with Gasteiger partial charge in [-0.3, -0.25) is 20.2 Å². The topological polar surface area (TPSA) is 98.0 Å². The maximum atomic E-state index is 12.5. The monoisotopic (exact) mass is 432 g/mol. The molecule has 0 saturated heterocycles. The van der Waals surface area contributed by atoms with Crippen LogP contribution < -0.4 is 5.32 Å². The van der Waals surface area contributed by atoms with Crippen molar-refractivity contribution in [3.63, 3.8) is 0 Å². The molecule has 0 atom stereocenters. The zero-order chi connectivity index (χ0) is 19.7. The second-order valence-corrected chi connectivity index (χ2v) is 8.73. The van der Waals surface area contributed by atoms with Crippen molar-refractivity contribution in [3.05, 3.63) is 68.2 Å². The molecule has 1 aliphatic rings. The molecule has 0 aliphatic heterocycles. The molecule has 142 valence electrons. The average molecular weight is 433 g/mol. The normalized spacial score (nSPS) is 13.3. The maximum absolute atomic E-state index is 12.5. The summed E-state index contributed by atoms with van der Waals surface area (Å²) in [4.78, 5) is 24.7. The molecule has 10 heteroatoms. The van der Waals surface area contributed by atoms with Crippen molar-refractivity contribution in [2.24, 2.45) is 0 Å². The number of hydrogen-bond donors (Lipinski definition) is 1. The van der Waals surface area contributed by atoms with E-state index in [1.807, 2.05) is 0 Å². The molecule has 3 aromatic rings. The maximum Gasteiger partial charge on any atom is 0.284 e. The molecule has 1 saturated carbocycles. The van der Waals surface area contributed by atoms with Crippen molar-refractivity contribution < 1.29 is 9.72 Å². The minimum atomic E-state index is -0.495. The van der Waals surface area contributed by atoms with Crippen molar-refractivity contribution in [2.75, 3.05) is 5.32 Å². The highest BCUT2D eigenvalue weighted by Crippen LogP contribution is 2.42. The molecule has 2 aromatic carbocycles. The Kier molecular flexibility index (Phi) is 5.29. The Morgan fingerprint density at radius 2 is 1.96 bits per heavy atom. The molecule has 0 unspecified atom stereocenters. The Morgan fingerprint density at radius 1 is 1.21 bits per heavy atom. The number of amides is 1. The van der Waals surface area contributed by atoms with Crippen molar-refractivity contribution in [1.82, 2.24) is 10.2 Å². The minimum absolute atomic E-state index is 0.136. The lowest BCUT2D eigenvalue weighted by atomic mass is 10.2. The molecule has 0 spiro atoms. The fourth-order valence-electron chi connectivity index (χ4n) is 2.47. The predicted molar refractivity (Wildman–Crippen MR) is 109 cm³/mol. The van der Waals surface area contributed by atoms with Gasteiger partial charge in [0.05, 0.1) is 9.82 Å². The number of rotatable bonds is 6. The minimum Gasteiger partial charge on any atom is -0.296 e. The predicted octanol–water partition coefficient (Wildman–Crippen LogP) is 5.38. The number of halogens is 1. The summed E-state index contributed by atoms with van der Waals surface area (Å²) >= 11 is 8.45. The number of hydrogen-bond acceptors (Lipinski definition) is 7. The first-order valence-corrected chi connectivity index (χ1v) is 10.4. The third-order valence-electron chi connectivity index (χ3n) is 4.05. The van der Waals surface area contributed by atoms with Crippen LogP contribution in [0.5, 0.6) is 0 Å². The second-order valence-electron chi connectivity index (χ2n) is 6.17. The molecule has 1 amide bonds. The summed E-state index contributed by atoms with van der Waals surface area (Å²) in [5, 5.41) is 24.1. The van der Waals surface area contributed by atoms with Crippen LogP contribution in [-0.4, -0.2) is 21.0 Å². The number of nitro groups is 1. The van der Waals surface area contributed by atoms with Crippen LogP contribution in [0.15, 0.2) is 52.3 Å². The first-order valence-electron chi connectivity index (χ1n) is 8.36. The van der Waals surface area contributed by atoms with Crippen molar-refractivity contribution >= 4 is 51.4 Å². The largest absolute Gasteiger partial charge is 0.296 e. The van der Waals surface area contributed by atoms with E-state index in [9.17, 15) is 14.9 Å². The smallest absolute Gasteiger partial charge is 0.284 e. The third-order valence-corrected chi connectivity index (χ3v) is 6.37. The van der Waals surface area contributed by atoms with Gasteiger partial charge in [0.15, 0.2) is 0 Å². The Hall–Kier alpha value is -2.49. The molecular formula is C18H13ClN4O3S2. The number of aromatic nitrogens is 2. The second kappa shape index (κ2) is 7.86. The summed E-state index contributed by atoms with van der Waals surface area (Å²) in [6.45, 7) is 0. The Morgan fingerprint density at radius 3 is 2.64 bits per heavy atom. The van der Waals surface area contributed by atoms with Gasteiger partial charge in [0.1, 0.15) is 5.01 Å². The van der Waals surface area contributed by atoms with E-state index in [1.165, 1.54) is 29.2 Å². The van der Waals surface area contributed by atoms with Gasteiger partial charge in [-0.2, -0.15) is 0 Å². The Labute approximate surface area is 173 Å². The Bertz CT molecular complexity index is 1050. The standard InChI is InChI=1S/C18H13ClN4O3S2/c19-12-4-6-13(7-5-12)27-15-8-3-11(9-14(15)23(25)26)16(24)20-18-22-21-17(28-18)10-1-2-10/h3-10H,1-2H2,(H,20,22,24). The van der Waals surface area contributed by atoms with Crippen LogP contribution in [0.1, 0.15) is 34.1 Å². The number of anilines is 1. The molecule has 0 bridgehead atoms. The summed E-state index contributed by atoms with van der Waals surface area (Å²) in [6.07, 6.45) is 2.20. The third kappa shape index (κ3) is 4.32. The molecule has 7 nitrogen and oxygen atoms in total. The van der Waals surface area contributed by atoms with E-state index in [1.54, 1.807) is 36.4 Å². The van der Waals surface area contributed by atoms with Crippen molar-refractivity contribution in [3.8, 4) is 0 Å². The molecule has 28 heavy (non-hydrogen) atoms. The number of nitrogens with zero attached hydrogens (tertiary/aromatic N) is 3. The lowest BCUT2D eigenvalue weighted by molar-refractivity contribution is -0.387. The number of carbonyl (C=O) groups excluding carboxylic acids is 1. The van der Waals surface area contributed by atoms with E-state index in [4.69, 9.17) is 11.6 Å². The number of carbonyl (C=O) groups is 1. The van der Waals surface area contributed by atoms with Gasteiger partial charge < -0.3 is 0 Å². The van der Waals surface area contributed by atoms with E-state index in [0.717, 1.165) is 22.7 Å². The zero-order valence-electron chi connectivity index (χ0n) is 14.3. The van der Waals surface area contributed by atoms with Gasteiger partial charge in [-0.05, 0) is 49.2 Å². The molecular weight excluding hydrogens is 420 g/mol. The fourth-order valence-corrected chi connectivity index (χ4v) is 4.40. The van der Waals surface area contributed by atoms with E-state index in [0.29, 0.717) is 21.0 Å². The van der Waals surface area contributed by atoms with Crippen LogP contribution in [0.4, 0.5) is 10.8 Å².